The summed E-state index contributed by atoms with van der Waals surface area (Å²) < 4.78 is 68.4. The standard InChI is InChI=1S/C93H140O17P2/c1-5-9-13-17-21-25-29-33-37-40-43-46-50-53-57-61-65-69-73-77-90(95)103-83-88(109-92(97)79-75-71-67-63-59-55-49-36-32-28-24-20-16-12-8-4)85-107-111(99,100)105-81-87(94)82-106-112(101,102)108-86-89(110-93(98)80-76-72-68-64-60-56-52-48-45-42-39-35-31-27-23-19-15-11-7-3)84-104-91(96)78-74-70-66-62-58-54-51-47-44-41-38-34-30-26-22-18-14-10-6-2/h9-16,21-28,33-39,43-49,53-54,57-59,63,65-66,69-71,75,87-89,94H,5-8,17-20,29-32,40-42,50-52,55-56,60-62,64,67-68,72-74,76-86H2,1-4H3,(H,99,100)(H,101,102)/b13-9-,14-10-,15-11-,16-12-,25-21-,26-22-,27-23-,28-24-,37-33-,38-34-,39-35-,46-43-,47-44-,48-45-,49-36-,57-53-,58-54-,63-59-,69-65-,70-66-,75-71-. The summed E-state index contributed by atoms with van der Waals surface area (Å²) in [6.45, 7) is 4.06. The number of rotatable bonds is 73. The van der Waals surface area contributed by atoms with E-state index in [1.54, 1.807) is 12.2 Å². The molecule has 112 heavy (non-hydrogen) atoms. The number of allylic oxidation sites excluding steroid dienone is 41. The van der Waals surface area contributed by atoms with Gasteiger partial charge in [-0.25, -0.2) is 9.13 Å². The molecule has 5 atom stereocenters. The molecule has 3 N–H and O–H groups in total. The van der Waals surface area contributed by atoms with Crippen LogP contribution in [-0.2, 0) is 65.4 Å². The molecule has 0 radical (unpaired) electrons. The number of unbranched alkanes of at least 4 members (excludes halogenated alkanes) is 6. The summed E-state index contributed by atoms with van der Waals surface area (Å²) in [4.78, 5) is 73.1. The van der Waals surface area contributed by atoms with Crippen molar-refractivity contribution in [2.24, 2.45) is 0 Å². The van der Waals surface area contributed by atoms with Gasteiger partial charge in [0.05, 0.1) is 32.8 Å². The maximum atomic E-state index is 13.1. The molecule has 0 aliphatic heterocycles. The number of phosphoric ester groups is 2. The predicted molar refractivity (Wildman–Crippen MR) is 463 cm³/mol. The Morgan fingerprint density at radius 3 is 0.786 bits per heavy atom. The minimum Gasteiger partial charge on any atom is -0.462 e. The Labute approximate surface area is 675 Å². The van der Waals surface area contributed by atoms with Crippen molar-refractivity contribution in [2.75, 3.05) is 39.6 Å². The highest BCUT2D eigenvalue weighted by molar-refractivity contribution is 7.47. The Kier molecular flexibility index (Phi) is 76.2. The van der Waals surface area contributed by atoms with Gasteiger partial charge in [-0.1, -0.05) is 309 Å². The van der Waals surface area contributed by atoms with Crippen LogP contribution >= 0.6 is 15.6 Å². The van der Waals surface area contributed by atoms with Crippen LogP contribution in [0.2, 0.25) is 0 Å². The van der Waals surface area contributed by atoms with Crippen LogP contribution in [0.1, 0.15) is 246 Å². The summed E-state index contributed by atoms with van der Waals surface area (Å²) in [6.07, 6.45) is 109. The molecule has 19 heteroatoms. The highest BCUT2D eigenvalue weighted by Gasteiger charge is 2.30. The lowest BCUT2D eigenvalue weighted by molar-refractivity contribution is -0.161. The number of carbonyl (C=O) groups excluding carboxylic acids is 4. The van der Waals surface area contributed by atoms with Gasteiger partial charge in [0.15, 0.2) is 12.2 Å². The van der Waals surface area contributed by atoms with Gasteiger partial charge in [0, 0.05) is 19.3 Å². The SMILES string of the molecule is CC/C=C\C/C=C\C/C=C\C/C=C\C/C=C\C/C=C\CCC(=O)OCC(COP(=O)(O)OCC(O)COP(=O)(O)OCC(COC(=O)CC/C=C\C/C=C\C/C=C\C/C=C\C/C=C\C/C=C\CC)OC(=O)CCCCCCCC/C=C\C/C=C\C/C=C\C/C=C\CC)OC(=O)C/C=C\C/C=C\C/C=C\C/C=C\C/C=C\CC. The first-order valence-electron chi connectivity index (χ1n) is 40.9. The molecule has 0 amide bonds. The Balaban J connectivity index is 5.62. The molecule has 0 saturated carbocycles. The smallest absolute Gasteiger partial charge is 0.462 e. The van der Waals surface area contributed by atoms with Crippen molar-refractivity contribution < 1.29 is 80.2 Å². The van der Waals surface area contributed by atoms with Crippen LogP contribution in [0.3, 0.4) is 0 Å². The quantitative estimate of drug-likeness (QED) is 0.0169. The molecule has 0 fully saturated rings. The summed E-state index contributed by atoms with van der Waals surface area (Å²) in [7, 11) is -10.1. The molecule has 0 aliphatic rings. The second-order valence-electron chi connectivity index (χ2n) is 25.8. The molecule has 0 aliphatic carbocycles. The Hall–Kier alpha value is -7.40. The third-order valence-corrected chi connectivity index (χ3v) is 17.5. The maximum Gasteiger partial charge on any atom is 0.472 e. The molecule has 0 heterocycles. The first-order valence-corrected chi connectivity index (χ1v) is 43.9. The molecular weight excluding hydrogens is 1450 g/mol. The molecular formula is C93H140O17P2. The fourth-order valence-corrected chi connectivity index (χ4v) is 11.1. The van der Waals surface area contributed by atoms with E-state index in [9.17, 15) is 43.2 Å². The number of phosphoric acid groups is 2. The Morgan fingerprint density at radius 1 is 0.259 bits per heavy atom. The largest absolute Gasteiger partial charge is 0.472 e. The molecule has 17 nitrogen and oxygen atoms in total. The Morgan fingerprint density at radius 2 is 0.491 bits per heavy atom. The number of aliphatic hydroxyl groups is 1. The second kappa shape index (κ2) is 81.6. The van der Waals surface area contributed by atoms with Gasteiger partial charge in [0.1, 0.15) is 19.3 Å². The lowest BCUT2D eigenvalue weighted by Crippen LogP contribution is -2.30. The van der Waals surface area contributed by atoms with Gasteiger partial charge >= 0.3 is 39.5 Å². The average molecular weight is 1590 g/mol. The fourth-order valence-electron chi connectivity index (χ4n) is 9.51. The van der Waals surface area contributed by atoms with Gasteiger partial charge in [-0.15, -0.1) is 0 Å². The third-order valence-electron chi connectivity index (χ3n) is 15.6. The molecule has 0 spiro atoms. The topological polar surface area (TPSA) is 237 Å². The Bertz CT molecular complexity index is 3140. The monoisotopic (exact) mass is 1590 g/mol. The van der Waals surface area contributed by atoms with Crippen molar-refractivity contribution in [1.29, 1.82) is 0 Å². The number of hydrogen-bond acceptors (Lipinski definition) is 15. The van der Waals surface area contributed by atoms with E-state index in [0.717, 1.165) is 154 Å². The van der Waals surface area contributed by atoms with E-state index in [4.69, 9.17) is 37.0 Å². The van der Waals surface area contributed by atoms with Crippen LogP contribution in [0.15, 0.2) is 255 Å². The van der Waals surface area contributed by atoms with E-state index in [-0.39, 0.29) is 25.7 Å². The summed E-state index contributed by atoms with van der Waals surface area (Å²) in [6, 6.07) is 0. The van der Waals surface area contributed by atoms with Gasteiger partial charge in [0.2, 0.25) is 0 Å². The number of esters is 4. The van der Waals surface area contributed by atoms with Crippen LogP contribution in [0, 0.1) is 0 Å². The van der Waals surface area contributed by atoms with Gasteiger partial charge < -0.3 is 33.8 Å². The average Bonchev–Trinajstić information content (AvgIpc) is 0.898. The van der Waals surface area contributed by atoms with Crippen molar-refractivity contribution in [3.63, 3.8) is 0 Å². The lowest BCUT2D eigenvalue weighted by Gasteiger charge is -2.21. The van der Waals surface area contributed by atoms with Crippen LogP contribution in [0.4, 0.5) is 0 Å². The van der Waals surface area contributed by atoms with Gasteiger partial charge in [-0.3, -0.25) is 37.3 Å². The van der Waals surface area contributed by atoms with Gasteiger partial charge in [-0.05, 0) is 167 Å². The molecule has 0 aromatic carbocycles. The van der Waals surface area contributed by atoms with E-state index in [0.29, 0.717) is 38.5 Å². The van der Waals surface area contributed by atoms with Gasteiger partial charge in [0.25, 0.3) is 0 Å². The number of ether oxygens (including phenoxy) is 4. The summed E-state index contributed by atoms with van der Waals surface area (Å²) in [5.74, 6) is -2.57. The molecule has 0 bridgehead atoms. The summed E-state index contributed by atoms with van der Waals surface area (Å²) >= 11 is 0. The number of aliphatic hydroxyl groups excluding tert-OH is 1. The van der Waals surface area contributed by atoms with E-state index in [2.05, 4.69) is 222 Å². The fraction of sp³-hybridized carbons (Fsp3) is 0.505. The van der Waals surface area contributed by atoms with E-state index < -0.39 is 97.5 Å². The van der Waals surface area contributed by atoms with Gasteiger partial charge in [-0.2, -0.15) is 0 Å². The lowest BCUT2D eigenvalue weighted by atomic mass is 10.1. The van der Waals surface area contributed by atoms with Crippen molar-refractivity contribution in [1.82, 2.24) is 0 Å². The normalized spacial score (nSPS) is 15.1. The maximum absolute atomic E-state index is 13.1. The van der Waals surface area contributed by atoms with E-state index >= 15 is 0 Å². The number of carbonyl (C=O) groups is 4. The predicted octanol–water partition coefficient (Wildman–Crippen LogP) is 24.5. The second-order valence-corrected chi connectivity index (χ2v) is 28.8. The van der Waals surface area contributed by atoms with Crippen LogP contribution in [0.5, 0.6) is 0 Å². The zero-order chi connectivity index (χ0) is 81.7. The minimum atomic E-state index is -5.04. The van der Waals surface area contributed by atoms with Crippen LogP contribution in [-0.4, -0.2) is 96.7 Å². The molecule has 0 aromatic rings. The molecule has 0 rings (SSSR count). The highest BCUT2D eigenvalue weighted by atomic mass is 31.2. The molecule has 0 saturated heterocycles. The van der Waals surface area contributed by atoms with Crippen LogP contribution in [0.25, 0.3) is 0 Å². The van der Waals surface area contributed by atoms with Crippen molar-refractivity contribution in [3.05, 3.63) is 255 Å². The third kappa shape index (κ3) is 80.6. The van der Waals surface area contributed by atoms with Crippen molar-refractivity contribution in [3.8, 4) is 0 Å². The highest BCUT2D eigenvalue weighted by Crippen LogP contribution is 2.45. The van der Waals surface area contributed by atoms with E-state index in [1.807, 2.05) is 48.6 Å². The van der Waals surface area contributed by atoms with Crippen LogP contribution < -0.4 is 0 Å². The zero-order valence-corrected chi connectivity index (χ0v) is 70.0. The minimum absolute atomic E-state index is 0.00324. The van der Waals surface area contributed by atoms with Crippen molar-refractivity contribution >= 4 is 39.5 Å². The molecule has 5 unspecified atom stereocenters. The first kappa shape index (κ1) is 105. The molecule has 0 aromatic heterocycles. The van der Waals surface area contributed by atoms with E-state index in [1.165, 1.54) is 0 Å². The van der Waals surface area contributed by atoms with Crippen molar-refractivity contribution in [2.45, 2.75) is 264 Å². The summed E-state index contributed by atoms with van der Waals surface area (Å²) in [5, 5.41) is 10.7. The summed E-state index contributed by atoms with van der Waals surface area (Å²) in [5.41, 5.74) is 0. The zero-order valence-electron chi connectivity index (χ0n) is 68.2. The number of hydrogen-bond donors (Lipinski definition) is 3. The first-order chi connectivity index (χ1) is 54.7. The molecule has 624 valence electrons.